The average molecular weight is 610 g/mol. The van der Waals surface area contributed by atoms with Crippen molar-refractivity contribution in [2.24, 2.45) is 0 Å². The lowest BCUT2D eigenvalue weighted by atomic mass is 9.81. The number of carbonyl (C=O) groups is 1. The third kappa shape index (κ3) is 5.45. The molecule has 2 aromatic carbocycles. The Bertz CT molecular complexity index is 1610. The zero-order chi connectivity index (χ0) is 29.6. The van der Waals surface area contributed by atoms with Crippen LogP contribution in [0.5, 0.6) is 5.75 Å². The zero-order valence-electron chi connectivity index (χ0n) is 24.5. The van der Waals surface area contributed by atoms with Gasteiger partial charge in [0.25, 0.3) is 5.91 Å². The maximum absolute atomic E-state index is 14.0. The van der Waals surface area contributed by atoms with Gasteiger partial charge in [0.1, 0.15) is 19.0 Å². The molecule has 1 aromatic heterocycles. The van der Waals surface area contributed by atoms with Gasteiger partial charge in [-0.2, -0.15) is 12.7 Å². The molecule has 1 amide bonds. The molecule has 2 fully saturated rings. The van der Waals surface area contributed by atoms with E-state index in [9.17, 15) is 17.6 Å². The summed E-state index contributed by atoms with van der Waals surface area (Å²) in [6.45, 7) is 3.87. The van der Waals surface area contributed by atoms with E-state index in [0.717, 1.165) is 40.8 Å². The number of rotatable bonds is 3. The number of ether oxygens (including phenoxy) is 1. The standard InChI is InChI=1S/C32H40FN5O4S/c33-12-13-36-17-14-35-15-18-37(19-16-35)43(40,41)34-32(39)24-10-11-26-28(20-24)38-21-25(36)22-42-29-9-5-4-8-27(29)31(38)30(26)23-6-2-1-3-7-23/h4-5,8-11,20,23,25H,1-3,6-7,12-19,21-22H2,(H,34,39)/t25-/m1/s1. The lowest BCUT2D eigenvalue weighted by Gasteiger charge is -2.38. The maximum Gasteiger partial charge on any atom is 0.304 e. The Morgan fingerprint density at radius 3 is 2.51 bits per heavy atom. The molecule has 4 aliphatic heterocycles. The Morgan fingerprint density at radius 2 is 1.72 bits per heavy atom. The largest absolute Gasteiger partial charge is 0.491 e. The minimum absolute atomic E-state index is 0.0929. The number of benzene rings is 2. The number of amides is 1. The number of hydrogen-bond donors (Lipinski definition) is 1. The van der Waals surface area contributed by atoms with E-state index in [-0.39, 0.29) is 6.04 Å². The first-order valence-electron chi connectivity index (χ1n) is 15.7. The number of aromatic nitrogens is 1. The normalized spacial score (nSPS) is 26.5. The number of alkyl halides is 1. The summed E-state index contributed by atoms with van der Waals surface area (Å²) in [7, 11) is -3.99. The summed E-state index contributed by atoms with van der Waals surface area (Å²) < 4.78 is 53.0. The number of hydrogen-bond acceptors (Lipinski definition) is 6. The first-order valence-corrected chi connectivity index (χ1v) is 17.1. The summed E-state index contributed by atoms with van der Waals surface area (Å²) >= 11 is 0. The smallest absolute Gasteiger partial charge is 0.304 e. The Kier molecular flexibility index (Phi) is 7.92. The first-order chi connectivity index (χ1) is 20.9. The number of fused-ring (bicyclic) bond motifs is 8. The fourth-order valence-corrected chi connectivity index (χ4v) is 8.68. The topological polar surface area (TPSA) is 87.1 Å². The molecule has 1 saturated carbocycles. The molecular formula is C32H40FN5O4S. The molecule has 1 N–H and O–H groups in total. The maximum atomic E-state index is 14.0. The Balaban J connectivity index is 1.45. The van der Waals surface area contributed by atoms with Crippen molar-refractivity contribution in [3.8, 4) is 17.0 Å². The zero-order valence-corrected chi connectivity index (χ0v) is 25.3. The molecule has 0 radical (unpaired) electrons. The van der Waals surface area contributed by atoms with Crippen molar-refractivity contribution in [2.75, 3.05) is 59.1 Å². The van der Waals surface area contributed by atoms with Crippen LogP contribution in [0.4, 0.5) is 4.39 Å². The van der Waals surface area contributed by atoms with Crippen LogP contribution in [-0.4, -0.2) is 98.1 Å². The van der Waals surface area contributed by atoms with Crippen molar-refractivity contribution in [1.82, 2.24) is 23.4 Å². The molecule has 3 aromatic rings. The lowest BCUT2D eigenvalue weighted by molar-refractivity contribution is 0.0907. The SMILES string of the molecule is O=C1NS(=O)(=O)N2CCN(CCN(CCF)[C@H]3COc4ccccc4-c4c(C5CCCCC5)c5ccc1cc5n4C3)CC2. The molecule has 230 valence electrons. The predicted octanol–water partition coefficient (Wildman–Crippen LogP) is 3.99. The summed E-state index contributed by atoms with van der Waals surface area (Å²) in [5.41, 5.74) is 4.61. The summed E-state index contributed by atoms with van der Waals surface area (Å²) in [4.78, 5) is 17.9. The highest BCUT2D eigenvalue weighted by atomic mass is 32.2. The molecule has 1 atom stereocenters. The lowest BCUT2D eigenvalue weighted by Crippen LogP contribution is -2.54. The van der Waals surface area contributed by atoms with Crippen molar-refractivity contribution >= 4 is 27.0 Å². The van der Waals surface area contributed by atoms with E-state index in [1.54, 1.807) is 6.07 Å². The highest BCUT2D eigenvalue weighted by Crippen LogP contribution is 2.47. The number of halogens is 1. The van der Waals surface area contributed by atoms with E-state index >= 15 is 0 Å². The van der Waals surface area contributed by atoms with Gasteiger partial charge in [-0.25, -0.2) is 9.11 Å². The van der Waals surface area contributed by atoms with Crippen molar-refractivity contribution < 1.29 is 22.3 Å². The highest BCUT2D eigenvalue weighted by Gasteiger charge is 2.34. The third-order valence-electron chi connectivity index (χ3n) is 9.83. The van der Waals surface area contributed by atoms with Crippen LogP contribution in [0.15, 0.2) is 42.5 Å². The van der Waals surface area contributed by atoms with Gasteiger partial charge in [-0.05, 0) is 48.6 Å². The van der Waals surface area contributed by atoms with E-state index in [2.05, 4.69) is 25.2 Å². The van der Waals surface area contributed by atoms with Gasteiger partial charge >= 0.3 is 10.2 Å². The quantitative estimate of drug-likeness (QED) is 0.484. The molecule has 5 aliphatic rings. The Morgan fingerprint density at radius 1 is 0.953 bits per heavy atom. The molecule has 1 saturated heterocycles. The third-order valence-corrected chi connectivity index (χ3v) is 11.3. The number of nitrogens with zero attached hydrogens (tertiary/aromatic N) is 4. The molecule has 5 heterocycles. The predicted molar refractivity (Wildman–Crippen MR) is 164 cm³/mol. The molecule has 11 heteroatoms. The Hall–Kier alpha value is -2.99. The fraction of sp³-hybridized carbons (Fsp3) is 0.531. The van der Waals surface area contributed by atoms with Gasteiger partial charge in [-0.3, -0.25) is 14.6 Å². The van der Waals surface area contributed by atoms with Crippen LogP contribution in [0.2, 0.25) is 0 Å². The summed E-state index contributed by atoms with van der Waals surface area (Å²) in [6.07, 6.45) is 5.77. The van der Waals surface area contributed by atoms with Gasteiger partial charge in [0.2, 0.25) is 0 Å². The second kappa shape index (κ2) is 11.8. The summed E-state index contributed by atoms with van der Waals surface area (Å²) in [5, 5.41) is 1.09. The molecule has 0 spiro atoms. The van der Waals surface area contributed by atoms with Crippen LogP contribution in [0.3, 0.4) is 0 Å². The molecule has 0 unspecified atom stereocenters. The monoisotopic (exact) mass is 609 g/mol. The molecule has 8 rings (SSSR count). The van der Waals surface area contributed by atoms with Gasteiger partial charge in [0, 0.05) is 74.4 Å². The van der Waals surface area contributed by atoms with Crippen LogP contribution in [-0.2, 0) is 16.8 Å². The molecule has 9 nitrogen and oxygen atoms in total. The van der Waals surface area contributed by atoms with Crippen molar-refractivity contribution in [3.63, 3.8) is 0 Å². The van der Waals surface area contributed by atoms with Gasteiger partial charge in [0.05, 0.1) is 11.7 Å². The number of para-hydroxylation sites is 1. The van der Waals surface area contributed by atoms with E-state index in [1.807, 2.05) is 30.3 Å². The van der Waals surface area contributed by atoms with E-state index in [1.165, 1.54) is 29.1 Å². The average Bonchev–Trinajstić information content (AvgIpc) is 3.33. The van der Waals surface area contributed by atoms with Crippen LogP contribution < -0.4 is 9.46 Å². The highest BCUT2D eigenvalue weighted by molar-refractivity contribution is 7.87. The van der Waals surface area contributed by atoms with Crippen molar-refractivity contribution in [3.05, 3.63) is 53.6 Å². The van der Waals surface area contributed by atoms with E-state index < -0.39 is 22.8 Å². The first kappa shape index (κ1) is 28.8. The van der Waals surface area contributed by atoms with Gasteiger partial charge in [0.15, 0.2) is 0 Å². The van der Waals surface area contributed by atoms with E-state index in [0.29, 0.717) is 70.4 Å². The van der Waals surface area contributed by atoms with Gasteiger partial charge in [-0.15, -0.1) is 0 Å². The summed E-state index contributed by atoms with van der Waals surface area (Å²) in [5.74, 6) is 0.547. The van der Waals surface area contributed by atoms with Crippen LogP contribution in [0.25, 0.3) is 22.2 Å². The van der Waals surface area contributed by atoms with Crippen molar-refractivity contribution in [2.45, 2.75) is 50.6 Å². The fourth-order valence-electron chi connectivity index (χ4n) is 7.55. The molecule has 1 aliphatic carbocycles. The van der Waals surface area contributed by atoms with Crippen LogP contribution in [0.1, 0.15) is 53.9 Å². The van der Waals surface area contributed by atoms with Crippen LogP contribution >= 0.6 is 0 Å². The second-order valence-corrected chi connectivity index (χ2v) is 14.0. The second-order valence-electron chi connectivity index (χ2n) is 12.3. The minimum Gasteiger partial charge on any atom is -0.491 e. The van der Waals surface area contributed by atoms with Crippen LogP contribution in [0, 0.1) is 0 Å². The van der Waals surface area contributed by atoms with Gasteiger partial charge in [-0.1, -0.05) is 37.5 Å². The minimum atomic E-state index is -3.99. The molecule has 43 heavy (non-hydrogen) atoms. The molecular weight excluding hydrogens is 569 g/mol. The number of nitrogens with one attached hydrogen (secondary N) is 1. The number of piperazine rings is 1. The Labute approximate surface area is 252 Å². The van der Waals surface area contributed by atoms with Gasteiger partial charge < -0.3 is 9.30 Å². The van der Waals surface area contributed by atoms with Crippen molar-refractivity contribution in [1.29, 1.82) is 0 Å². The number of carbonyl (C=O) groups excluding carboxylic acids is 1. The summed E-state index contributed by atoms with van der Waals surface area (Å²) in [6, 6.07) is 13.6. The molecule has 6 bridgehead atoms. The van der Waals surface area contributed by atoms with E-state index in [4.69, 9.17) is 4.74 Å².